The Bertz CT molecular complexity index is 366. The van der Waals surface area contributed by atoms with Gasteiger partial charge in [0.1, 0.15) is 0 Å². The summed E-state index contributed by atoms with van der Waals surface area (Å²) < 4.78 is 0. The minimum absolute atomic E-state index is 0.536. The first-order valence-electron chi connectivity index (χ1n) is 6.81. The van der Waals surface area contributed by atoms with E-state index in [1.54, 1.807) is 0 Å². The highest BCUT2D eigenvalue weighted by molar-refractivity contribution is 7.09. The van der Waals surface area contributed by atoms with Crippen molar-refractivity contribution in [2.45, 2.75) is 45.3 Å². The SMILES string of the molecule is C=C(CNC(C)C)CN(Cc1cccs1)C1CC1. The normalized spacial score (nSPS) is 15.6. The number of thiophene rings is 1. The number of nitrogens with zero attached hydrogens (tertiary/aromatic N) is 1. The van der Waals surface area contributed by atoms with E-state index < -0.39 is 0 Å². The second-order valence-electron chi connectivity index (χ2n) is 5.50. The van der Waals surface area contributed by atoms with Crippen LogP contribution in [0.1, 0.15) is 31.6 Å². The summed E-state index contributed by atoms with van der Waals surface area (Å²) in [5.74, 6) is 0. The molecule has 1 fully saturated rings. The molecule has 0 radical (unpaired) electrons. The summed E-state index contributed by atoms with van der Waals surface area (Å²) in [7, 11) is 0. The zero-order valence-electron chi connectivity index (χ0n) is 11.5. The van der Waals surface area contributed by atoms with E-state index in [0.29, 0.717) is 6.04 Å². The molecule has 0 unspecified atom stereocenters. The third-order valence-corrected chi connectivity index (χ3v) is 4.05. The van der Waals surface area contributed by atoms with Gasteiger partial charge < -0.3 is 5.32 Å². The van der Waals surface area contributed by atoms with Gasteiger partial charge in [0.05, 0.1) is 0 Å². The Morgan fingerprint density at radius 1 is 1.56 bits per heavy atom. The molecule has 1 N–H and O–H groups in total. The van der Waals surface area contributed by atoms with E-state index >= 15 is 0 Å². The van der Waals surface area contributed by atoms with Crippen LogP contribution in [0.25, 0.3) is 0 Å². The van der Waals surface area contributed by atoms with E-state index in [2.05, 4.69) is 48.2 Å². The van der Waals surface area contributed by atoms with Gasteiger partial charge in [0.25, 0.3) is 0 Å². The van der Waals surface area contributed by atoms with E-state index in [1.165, 1.54) is 23.3 Å². The highest BCUT2D eigenvalue weighted by atomic mass is 32.1. The molecule has 18 heavy (non-hydrogen) atoms. The van der Waals surface area contributed by atoms with E-state index in [0.717, 1.165) is 25.7 Å². The van der Waals surface area contributed by atoms with Gasteiger partial charge >= 0.3 is 0 Å². The van der Waals surface area contributed by atoms with Crippen LogP contribution in [0, 0.1) is 0 Å². The first-order valence-corrected chi connectivity index (χ1v) is 7.69. The molecule has 1 aromatic heterocycles. The molecule has 0 saturated heterocycles. The molecule has 0 bridgehead atoms. The fraction of sp³-hybridized carbons (Fsp3) is 0.600. The summed E-state index contributed by atoms with van der Waals surface area (Å²) >= 11 is 1.85. The molecule has 2 nitrogen and oxygen atoms in total. The zero-order chi connectivity index (χ0) is 13.0. The van der Waals surface area contributed by atoms with Crippen molar-refractivity contribution in [2.75, 3.05) is 13.1 Å². The quantitative estimate of drug-likeness (QED) is 0.725. The molecule has 1 saturated carbocycles. The van der Waals surface area contributed by atoms with Crippen LogP contribution in [0.4, 0.5) is 0 Å². The second kappa shape index (κ2) is 6.50. The van der Waals surface area contributed by atoms with Gasteiger partial charge in [0, 0.05) is 36.6 Å². The average Bonchev–Trinajstić information content (AvgIpc) is 3.05. The van der Waals surface area contributed by atoms with Gasteiger partial charge in [-0.15, -0.1) is 11.3 Å². The first-order chi connectivity index (χ1) is 8.65. The lowest BCUT2D eigenvalue weighted by Gasteiger charge is -2.23. The summed E-state index contributed by atoms with van der Waals surface area (Å²) in [6.45, 7) is 11.6. The van der Waals surface area contributed by atoms with Crippen LogP contribution < -0.4 is 5.32 Å². The molecule has 2 rings (SSSR count). The zero-order valence-corrected chi connectivity index (χ0v) is 12.3. The molecule has 1 aromatic rings. The topological polar surface area (TPSA) is 15.3 Å². The van der Waals surface area contributed by atoms with Crippen LogP contribution in [-0.2, 0) is 6.54 Å². The fourth-order valence-corrected chi connectivity index (χ4v) is 2.78. The van der Waals surface area contributed by atoms with Gasteiger partial charge in [-0.05, 0) is 29.9 Å². The average molecular weight is 264 g/mol. The van der Waals surface area contributed by atoms with Gasteiger partial charge in [-0.2, -0.15) is 0 Å². The number of hydrogen-bond donors (Lipinski definition) is 1. The highest BCUT2D eigenvalue weighted by Gasteiger charge is 2.29. The Hall–Kier alpha value is -0.640. The predicted molar refractivity (Wildman–Crippen MR) is 80.0 cm³/mol. The molecule has 0 aliphatic heterocycles. The van der Waals surface area contributed by atoms with Crippen LogP contribution >= 0.6 is 11.3 Å². The molecule has 0 atom stereocenters. The molecule has 0 amide bonds. The van der Waals surface area contributed by atoms with E-state index in [9.17, 15) is 0 Å². The molecule has 100 valence electrons. The minimum Gasteiger partial charge on any atom is -0.311 e. The van der Waals surface area contributed by atoms with E-state index in [4.69, 9.17) is 0 Å². The number of hydrogen-bond acceptors (Lipinski definition) is 3. The predicted octanol–water partition coefficient (Wildman–Crippen LogP) is 3.27. The van der Waals surface area contributed by atoms with Crippen LogP contribution in [0.3, 0.4) is 0 Å². The van der Waals surface area contributed by atoms with Crippen molar-refractivity contribution in [2.24, 2.45) is 0 Å². The fourth-order valence-electron chi connectivity index (χ4n) is 2.05. The minimum atomic E-state index is 0.536. The van der Waals surface area contributed by atoms with Crippen molar-refractivity contribution in [3.63, 3.8) is 0 Å². The van der Waals surface area contributed by atoms with Crippen LogP contribution in [0.2, 0.25) is 0 Å². The summed E-state index contributed by atoms with van der Waals surface area (Å²) in [5, 5.41) is 5.61. The second-order valence-corrected chi connectivity index (χ2v) is 6.53. The van der Waals surface area contributed by atoms with Gasteiger partial charge in [-0.3, -0.25) is 4.90 Å². The Morgan fingerprint density at radius 3 is 2.89 bits per heavy atom. The lowest BCUT2D eigenvalue weighted by atomic mass is 10.2. The Labute approximate surface area is 115 Å². The van der Waals surface area contributed by atoms with Crippen molar-refractivity contribution in [1.82, 2.24) is 10.2 Å². The molecule has 0 spiro atoms. The van der Waals surface area contributed by atoms with Crippen LogP contribution in [-0.4, -0.2) is 30.1 Å². The molecular formula is C15H24N2S. The Morgan fingerprint density at radius 2 is 2.33 bits per heavy atom. The molecule has 0 aromatic carbocycles. The smallest absolute Gasteiger partial charge is 0.0334 e. The number of rotatable bonds is 8. The lowest BCUT2D eigenvalue weighted by molar-refractivity contribution is 0.277. The monoisotopic (exact) mass is 264 g/mol. The first kappa shape index (κ1) is 13.8. The maximum atomic E-state index is 4.21. The van der Waals surface area contributed by atoms with Crippen molar-refractivity contribution in [3.8, 4) is 0 Å². The summed E-state index contributed by atoms with van der Waals surface area (Å²) in [6.07, 6.45) is 2.71. The maximum Gasteiger partial charge on any atom is 0.0334 e. The standard InChI is InChI=1S/C15H24N2S/c1-12(2)16-9-13(3)10-17(14-6-7-14)11-15-5-4-8-18-15/h4-5,8,12,14,16H,3,6-7,9-11H2,1-2H3. The van der Waals surface area contributed by atoms with Gasteiger partial charge in [0.15, 0.2) is 0 Å². The third kappa shape index (κ3) is 4.56. The van der Waals surface area contributed by atoms with Crippen molar-refractivity contribution in [3.05, 3.63) is 34.5 Å². The van der Waals surface area contributed by atoms with Crippen molar-refractivity contribution < 1.29 is 0 Å². The summed E-state index contributed by atoms with van der Waals surface area (Å²) in [6, 6.07) is 5.70. The van der Waals surface area contributed by atoms with Gasteiger partial charge in [0.2, 0.25) is 0 Å². The lowest BCUT2D eigenvalue weighted by Crippen LogP contribution is -2.32. The third-order valence-electron chi connectivity index (χ3n) is 3.19. The van der Waals surface area contributed by atoms with Crippen molar-refractivity contribution in [1.29, 1.82) is 0 Å². The molecular weight excluding hydrogens is 240 g/mol. The Kier molecular flexibility index (Phi) is 4.98. The largest absolute Gasteiger partial charge is 0.311 e. The molecule has 3 heteroatoms. The van der Waals surface area contributed by atoms with Crippen molar-refractivity contribution >= 4 is 11.3 Å². The molecule has 1 heterocycles. The van der Waals surface area contributed by atoms with Crippen LogP contribution in [0.5, 0.6) is 0 Å². The van der Waals surface area contributed by atoms with Crippen LogP contribution in [0.15, 0.2) is 29.7 Å². The van der Waals surface area contributed by atoms with Gasteiger partial charge in [-0.1, -0.05) is 26.5 Å². The van der Waals surface area contributed by atoms with E-state index in [-0.39, 0.29) is 0 Å². The summed E-state index contributed by atoms with van der Waals surface area (Å²) in [4.78, 5) is 4.04. The number of nitrogens with one attached hydrogen (secondary N) is 1. The summed E-state index contributed by atoms with van der Waals surface area (Å²) in [5.41, 5.74) is 1.30. The maximum absolute atomic E-state index is 4.21. The molecule has 1 aliphatic rings. The van der Waals surface area contributed by atoms with E-state index in [1.807, 2.05) is 11.3 Å². The van der Waals surface area contributed by atoms with Gasteiger partial charge in [-0.25, -0.2) is 0 Å². The highest BCUT2D eigenvalue weighted by Crippen LogP contribution is 2.29. The molecule has 1 aliphatic carbocycles. The Balaban J connectivity index is 1.81.